The quantitative estimate of drug-likeness (QED) is 0.318. The van der Waals surface area contributed by atoms with Gasteiger partial charge in [-0.15, -0.1) is 0 Å². The second-order valence-corrected chi connectivity index (χ2v) is 13.5. The summed E-state index contributed by atoms with van der Waals surface area (Å²) < 4.78 is 28.8. The minimum Gasteiger partial charge on any atom is -0.350 e. The summed E-state index contributed by atoms with van der Waals surface area (Å²) in [6.07, 6.45) is 0. The molecule has 40 heavy (non-hydrogen) atoms. The zero-order valence-electron chi connectivity index (χ0n) is 23.5. The lowest BCUT2D eigenvalue weighted by molar-refractivity contribution is -0.140. The fourth-order valence-electron chi connectivity index (χ4n) is 4.07. The molecule has 0 saturated heterocycles. The Morgan fingerprint density at radius 3 is 2.12 bits per heavy atom. The van der Waals surface area contributed by atoms with E-state index >= 15 is 0 Å². The summed E-state index contributed by atoms with van der Waals surface area (Å²) in [7, 11) is -4.20. The van der Waals surface area contributed by atoms with Gasteiger partial charge in [0.05, 0.1) is 20.6 Å². The van der Waals surface area contributed by atoms with Crippen molar-refractivity contribution in [2.24, 2.45) is 0 Å². The SMILES string of the molecule is Cc1ccc(S(=O)(=O)N(CC(=O)N(Cc2cccc(C)c2)C(C)C(=O)NC(C)(C)C)c2ccc(Cl)c(Cl)c2)cc1. The molecule has 0 saturated carbocycles. The molecule has 1 N–H and O–H groups in total. The number of hydrogen-bond donors (Lipinski definition) is 1. The topological polar surface area (TPSA) is 86.8 Å². The lowest BCUT2D eigenvalue weighted by Gasteiger charge is -2.33. The van der Waals surface area contributed by atoms with Crippen molar-refractivity contribution in [2.75, 3.05) is 10.8 Å². The number of hydrogen-bond acceptors (Lipinski definition) is 4. The minimum absolute atomic E-state index is 0.0146. The molecule has 214 valence electrons. The first-order valence-electron chi connectivity index (χ1n) is 12.8. The second-order valence-electron chi connectivity index (χ2n) is 10.8. The first-order valence-corrected chi connectivity index (χ1v) is 15.0. The molecule has 0 radical (unpaired) electrons. The number of benzene rings is 3. The van der Waals surface area contributed by atoms with Gasteiger partial charge in [-0.3, -0.25) is 13.9 Å². The number of carbonyl (C=O) groups is 2. The molecule has 1 atom stereocenters. The minimum atomic E-state index is -4.20. The monoisotopic (exact) mass is 603 g/mol. The number of carbonyl (C=O) groups excluding carboxylic acids is 2. The number of amides is 2. The van der Waals surface area contributed by atoms with E-state index in [2.05, 4.69) is 5.32 Å². The van der Waals surface area contributed by atoms with Gasteiger partial charge in [0.1, 0.15) is 12.6 Å². The van der Waals surface area contributed by atoms with Gasteiger partial charge in [-0.1, -0.05) is 70.7 Å². The maximum Gasteiger partial charge on any atom is 0.264 e. The lowest BCUT2D eigenvalue weighted by atomic mass is 10.1. The van der Waals surface area contributed by atoms with Gasteiger partial charge in [0.25, 0.3) is 10.0 Å². The van der Waals surface area contributed by atoms with Crippen molar-refractivity contribution in [3.05, 3.63) is 93.5 Å². The van der Waals surface area contributed by atoms with Gasteiger partial charge in [0.15, 0.2) is 0 Å². The number of rotatable bonds is 9. The molecule has 0 heterocycles. The van der Waals surface area contributed by atoms with Crippen molar-refractivity contribution < 1.29 is 18.0 Å². The summed E-state index contributed by atoms with van der Waals surface area (Å²) in [5.74, 6) is -0.907. The van der Waals surface area contributed by atoms with Crippen LogP contribution < -0.4 is 9.62 Å². The van der Waals surface area contributed by atoms with Crippen molar-refractivity contribution in [3.63, 3.8) is 0 Å². The smallest absolute Gasteiger partial charge is 0.264 e. The summed E-state index contributed by atoms with van der Waals surface area (Å²) >= 11 is 12.4. The molecule has 0 fully saturated rings. The number of nitrogens with one attached hydrogen (secondary N) is 1. The molecule has 0 bridgehead atoms. The van der Waals surface area contributed by atoms with Crippen LogP contribution >= 0.6 is 23.2 Å². The predicted molar refractivity (Wildman–Crippen MR) is 161 cm³/mol. The molecule has 0 aromatic heterocycles. The van der Waals surface area contributed by atoms with Crippen LogP contribution in [0.15, 0.2) is 71.6 Å². The average Bonchev–Trinajstić information content (AvgIpc) is 2.86. The molecule has 3 rings (SSSR count). The predicted octanol–water partition coefficient (Wildman–Crippen LogP) is 6.14. The zero-order chi connectivity index (χ0) is 29.8. The van der Waals surface area contributed by atoms with Crippen LogP contribution in [0.4, 0.5) is 5.69 Å². The van der Waals surface area contributed by atoms with E-state index in [1.165, 1.54) is 35.2 Å². The highest BCUT2D eigenvalue weighted by atomic mass is 35.5. The van der Waals surface area contributed by atoms with Crippen LogP contribution in [0, 0.1) is 13.8 Å². The third-order valence-electron chi connectivity index (χ3n) is 6.18. The van der Waals surface area contributed by atoms with Gasteiger partial charge in [-0.05, 0) is 77.4 Å². The summed E-state index contributed by atoms with van der Waals surface area (Å²) in [5.41, 5.74) is 2.34. The van der Waals surface area contributed by atoms with E-state index < -0.39 is 34.1 Å². The van der Waals surface area contributed by atoms with Crippen LogP contribution in [0.1, 0.15) is 44.4 Å². The molecule has 3 aromatic rings. The molecule has 7 nitrogen and oxygen atoms in total. The van der Waals surface area contributed by atoms with Crippen molar-refractivity contribution >= 4 is 50.7 Å². The number of aryl methyl sites for hydroxylation is 2. The van der Waals surface area contributed by atoms with Crippen LogP contribution in [0.3, 0.4) is 0 Å². The Morgan fingerprint density at radius 1 is 0.900 bits per heavy atom. The van der Waals surface area contributed by atoms with E-state index in [0.29, 0.717) is 0 Å². The number of nitrogens with zero attached hydrogens (tertiary/aromatic N) is 2. The molecule has 0 aliphatic heterocycles. The first-order chi connectivity index (χ1) is 18.6. The van der Waals surface area contributed by atoms with E-state index in [1.54, 1.807) is 19.1 Å². The van der Waals surface area contributed by atoms with Gasteiger partial charge in [0, 0.05) is 12.1 Å². The largest absolute Gasteiger partial charge is 0.350 e. The van der Waals surface area contributed by atoms with E-state index in [9.17, 15) is 18.0 Å². The van der Waals surface area contributed by atoms with Gasteiger partial charge in [-0.2, -0.15) is 0 Å². The maximum absolute atomic E-state index is 14.0. The van der Waals surface area contributed by atoms with E-state index in [0.717, 1.165) is 21.0 Å². The third-order valence-corrected chi connectivity index (χ3v) is 8.71. The number of sulfonamides is 1. The van der Waals surface area contributed by atoms with Crippen LogP contribution in [0.25, 0.3) is 0 Å². The van der Waals surface area contributed by atoms with Crippen LogP contribution in [-0.4, -0.2) is 43.3 Å². The normalized spacial score (nSPS) is 12.5. The summed E-state index contributed by atoms with van der Waals surface area (Å²) in [4.78, 5) is 28.6. The Morgan fingerprint density at radius 2 is 1.55 bits per heavy atom. The molecule has 2 amide bonds. The summed E-state index contributed by atoms with van der Waals surface area (Å²) in [6.45, 7) is 10.5. The number of halogens is 2. The molecule has 0 spiro atoms. The van der Waals surface area contributed by atoms with Gasteiger partial charge >= 0.3 is 0 Å². The molecule has 0 aliphatic carbocycles. The Balaban J connectivity index is 2.07. The van der Waals surface area contributed by atoms with Crippen molar-refractivity contribution in [2.45, 2.75) is 64.6 Å². The Labute approximate surface area is 247 Å². The van der Waals surface area contributed by atoms with Crippen LogP contribution in [0.5, 0.6) is 0 Å². The van der Waals surface area contributed by atoms with Crippen LogP contribution in [0.2, 0.25) is 10.0 Å². The van der Waals surface area contributed by atoms with Gasteiger partial charge < -0.3 is 10.2 Å². The standard InChI is InChI=1S/C30H35Cl2N3O4S/c1-20-10-13-25(14-11-20)40(38,39)35(24-12-15-26(31)27(32)17-24)19-28(36)34(18-23-9-7-8-21(2)16-23)22(3)29(37)33-30(4,5)6/h7-17,22H,18-19H2,1-6H3,(H,33,37). The fraction of sp³-hybridized carbons (Fsp3) is 0.333. The van der Waals surface area contributed by atoms with E-state index in [1.807, 2.05) is 58.9 Å². The fourth-order valence-corrected chi connectivity index (χ4v) is 5.77. The zero-order valence-corrected chi connectivity index (χ0v) is 25.9. The third kappa shape index (κ3) is 7.99. The molecule has 3 aromatic carbocycles. The van der Waals surface area contributed by atoms with Crippen LogP contribution in [-0.2, 0) is 26.2 Å². The maximum atomic E-state index is 14.0. The van der Waals surface area contributed by atoms with Gasteiger partial charge in [-0.25, -0.2) is 8.42 Å². The molecular weight excluding hydrogens is 569 g/mol. The summed E-state index contributed by atoms with van der Waals surface area (Å²) in [6, 6.07) is 17.4. The first kappa shape index (κ1) is 31.5. The Kier molecular flexibility index (Phi) is 9.93. The highest BCUT2D eigenvalue weighted by Crippen LogP contribution is 2.31. The van der Waals surface area contributed by atoms with Gasteiger partial charge in [0.2, 0.25) is 11.8 Å². The molecule has 0 aliphatic rings. The second kappa shape index (κ2) is 12.6. The van der Waals surface area contributed by atoms with Crippen molar-refractivity contribution in [1.29, 1.82) is 0 Å². The molecule has 1 unspecified atom stereocenters. The molecular formula is C30H35Cl2N3O4S. The lowest BCUT2D eigenvalue weighted by Crippen LogP contribution is -2.54. The summed E-state index contributed by atoms with van der Waals surface area (Å²) in [5, 5.41) is 3.31. The Bertz CT molecular complexity index is 1490. The average molecular weight is 605 g/mol. The molecule has 10 heteroatoms. The van der Waals surface area contributed by atoms with E-state index in [-0.39, 0.29) is 33.1 Å². The highest BCUT2D eigenvalue weighted by Gasteiger charge is 2.33. The number of anilines is 1. The van der Waals surface area contributed by atoms with Crippen molar-refractivity contribution in [3.8, 4) is 0 Å². The van der Waals surface area contributed by atoms with Crippen molar-refractivity contribution in [1.82, 2.24) is 10.2 Å². The Hall–Kier alpha value is -3.07. The van der Waals surface area contributed by atoms with E-state index in [4.69, 9.17) is 23.2 Å². The highest BCUT2D eigenvalue weighted by molar-refractivity contribution is 7.92.